The Balaban J connectivity index is 0.00000220. The van der Waals surface area contributed by atoms with Crippen LogP contribution in [-0.2, 0) is 16.0 Å². The Morgan fingerprint density at radius 1 is 1.48 bits per heavy atom. The molecule has 0 aromatic carbocycles. The minimum absolute atomic E-state index is 0. The molecule has 0 spiro atoms. The first-order chi connectivity index (χ1) is 9.56. The zero-order valence-corrected chi connectivity index (χ0v) is 14.3. The van der Waals surface area contributed by atoms with Crippen LogP contribution >= 0.6 is 23.7 Å². The van der Waals surface area contributed by atoms with Crippen LogP contribution < -0.4 is 11.1 Å². The molecule has 3 N–H and O–H groups in total. The van der Waals surface area contributed by atoms with Gasteiger partial charge in [-0.15, -0.1) is 23.7 Å². The topological polar surface area (TPSA) is 64.4 Å². The van der Waals surface area contributed by atoms with Crippen molar-refractivity contribution >= 4 is 29.7 Å². The van der Waals surface area contributed by atoms with Crippen molar-refractivity contribution in [2.45, 2.75) is 45.2 Å². The Morgan fingerprint density at radius 2 is 2.14 bits per heavy atom. The summed E-state index contributed by atoms with van der Waals surface area (Å²) in [4.78, 5) is 14.8. The number of hydrogen-bond acceptors (Lipinski definition) is 4. The lowest BCUT2D eigenvalue weighted by molar-refractivity contribution is -0.124. The van der Waals surface area contributed by atoms with E-state index in [0.717, 1.165) is 32.5 Å². The van der Waals surface area contributed by atoms with Gasteiger partial charge in [0.1, 0.15) is 0 Å². The van der Waals surface area contributed by atoms with Gasteiger partial charge in [-0.3, -0.25) is 4.79 Å². The van der Waals surface area contributed by atoms with Gasteiger partial charge in [-0.05, 0) is 44.7 Å². The molecule has 2 atom stereocenters. The number of aryl methyl sites for hydroxylation is 1. The van der Waals surface area contributed by atoms with Gasteiger partial charge in [-0.25, -0.2) is 0 Å². The van der Waals surface area contributed by atoms with Crippen LogP contribution in [0.15, 0.2) is 12.1 Å². The van der Waals surface area contributed by atoms with Crippen molar-refractivity contribution in [2.75, 3.05) is 13.2 Å². The van der Waals surface area contributed by atoms with Gasteiger partial charge in [-0.1, -0.05) is 0 Å². The second kappa shape index (κ2) is 8.73. The van der Waals surface area contributed by atoms with E-state index < -0.39 is 6.04 Å². The summed E-state index contributed by atoms with van der Waals surface area (Å²) in [6.45, 7) is 5.56. The van der Waals surface area contributed by atoms with Gasteiger partial charge in [0.05, 0.1) is 6.04 Å². The van der Waals surface area contributed by atoms with Crippen molar-refractivity contribution in [2.24, 2.45) is 11.7 Å². The number of halogens is 1. The molecule has 1 aromatic rings. The summed E-state index contributed by atoms with van der Waals surface area (Å²) in [6, 6.07) is 3.95. The number of hydrogen-bond donors (Lipinski definition) is 2. The summed E-state index contributed by atoms with van der Waals surface area (Å²) < 4.78 is 5.31. The van der Waals surface area contributed by atoms with E-state index in [4.69, 9.17) is 10.5 Å². The van der Waals surface area contributed by atoms with E-state index in [1.807, 2.05) is 6.92 Å². The van der Waals surface area contributed by atoms with Gasteiger partial charge >= 0.3 is 0 Å². The molecule has 1 aliphatic rings. The van der Waals surface area contributed by atoms with Crippen molar-refractivity contribution in [1.29, 1.82) is 0 Å². The lowest BCUT2D eigenvalue weighted by Gasteiger charge is -2.27. The summed E-state index contributed by atoms with van der Waals surface area (Å²) in [5, 5.41) is 3.04. The van der Waals surface area contributed by atoms with E-state index in [-0.39, 0.29) is 30.3 Å². The number of ether oxygens (including phenoxy) is 1. The quantitative estimate of drug-likeness (QED) is 0.869. The minimum Gasteiger partial charge on any atom is -0.381 e. The highest BCUT2D eigenvalue weighted by atomic mass is 35.5. The lowest BCUT2D eigenvalue weighted by atomic mass is 9.91. The maximum atomic E-state index is 12.2. The third-order valence-electron chi connectivity index (χ3n) is 3.77. The molecule has 0 saturated carbocycles. The molecule has 2 rings (SSSR count). The van der Waals surface area contributed by atoms with Crippen LogP contribution in [0.1, 0.15) is 29.5 Å². The number of rotatable bonds is 5. The Hall–Kier alpha value is -0.620. The van der Waals surface area contributed by atoms with E-state index in [2.05, 4.69) is 24.4 Å². The zero-order chi connectivity index (χ0) is 14.5. The first-order valence-electron chi connectivity index (χ1n) is 7.25. The molecule has 2 heterocycles. The fourth-order valence-corrected chi connectivity index (χ4v) is 3.59. The Bertz CT molecular complexity index is 447. The smallest absolute Gasteiger partial charge is 0.237 e. The average Bonchev–Trinajstić information content (AvgIpc) is 2.84. The number of nitrogens with one attached hydrogen (secondary N) is 1. The van der Waals surface area contributed by atoms with Gasteiger partial charge in [-0.2, -0.15) is 0 Å². The molecule has 1 amide bonds. The summed E-state index contributed by atoms with van der Waals surface area (Å²) in [5.41, 5.74) is 6.07. The first kappa shape index (κ1) is 18.4. The van der Waals surface area contributed by atoms with Crippen LogP contribution in [-0.4, -0.2) is 31.2 Å². The number of nitrogens with two attached hydrogens (primary N) is 1. The van der Waals surface area contributed by atoms with Crippen molar-refractivity contribution in [3.8, 4) is 0 Å². The van der Waals surface area contributed by atoms with Crippen LogP contribution in [0, 0.1) is 12.8 Å². The average molecular weight is 333 g/mol. The predicted octanol–water partition coefficient (Wildman–Crippen LogP) is 2.28. The van der Waals surface area contributed by atoms with Crippen molar-refractivity contribution in [3.05, 3.63) is 21.9 Å². The molecule has 2 unspecified atom stereocenters. The third kappa shape index (κ3) is 5.58. The van der Waals surface area contributed by atoms with E-state index in [9.17, 15) is 4.79 Å². The second-order valence-corrected chi connectivity index (χ2v) is 6.97. The van der Waals surface area contributed by atoms with Crippen LogP contribution in [0.3, 0.4) is 0 Å². The fourth-order valence-electron chi connectivity index (χ4n) is 2.58. The summed E-state index contributed by atoms with van der Waals surface area (Å²) >= 11 is 1.78. The second-order valence-electron chi connectivity index (χ2n) is 5.60. The van der Waals surface area contributed by atoms with E-state index in [0.29, 0.717) is 0 Å². The van der Waals surface area contributed by atoms with E-state index in [1.165, 1.54) is 9.75 Å². The normalized spacial score (nSPS) is 18.6. The number of carbonyl (C=O) groups excluding carboxylic acids is 1. The minimum atomic E-state index is -0.411. The highest BCUT2D eigenvalue weighted by molar-refractivity contribution is 7.11. The monoisotopic (exact) mass is 332 g/mol. The highest BCUT2D eigenvalue weighted by Gasteiger charge is 2.27. The van der Waals surface area contributed by atoms with Crippen molar-refractivity contribution in [1.82, 2.24) is 5.32 Å². The molecule has 6 heteroatoms. The Morgan fingerprint density at radius 3 is 2.71 bits per heavy atom. The summed E-state index contributed by atoms with van der Waals surface area (Å²) in [5.74, 6) is 0.220. The molecule has 21 heavy (non-hydrogen) atoms. The molecule has 4 nitrogen and oxygen atoms in total. The molecule has 120 valence electrons. The standard InChI is InChI=1S/C15H24N2O2S.ClH/c1-10(9-13-4-3-11(2)20-13)17-15(18)14(16)12-5-7-19-8-6-12;/h3-4,10,12,14H,5-9,16H2,1-2H3,(H,17,18);1H. The van der Waals surface area contributed by atoms with Gasteiger partial charge in [0, 0.05) is 35.4 Å². The zero-order valence-electron chi connectivity index (χ0n) is 12.6. The Labute approximate surface area is 136 Å². The van der Waals surface area contributed by atoms with E-state index >= 15 is 0 Å². The highest BCUT2D eigenvalue weighted by Crippen LogP contribution is 2.19. The molecule has 1 saturated heterocycles. The van der Waals surface area contributed by atoms with Gasteiger partial charge in [0.25, 0.3) is 0 Å². The number of thiophene rings is 1. The van der Waals surface area contributed by atoms with Crippen LogP contribution in [0.4, 0.5) is 0 Å². The molecule has 0 aliphatic carbocycles. The maximum Gasteiger partial charge on any atom is 0.237 e. The fraction of sp³-hybridized carbons (Fsp3) is 0.667. The molecular formula is C15H25ClN2O2S. The van der Waals surface area contributed by atoms with Gasteiger partial charge in [0.15, 0.2) is 0 Å². The number of amides is 1. The summed E-state index contributed by atoms with van der Waals surface area (Å²) in [6.07, 6.45) is 2.63. The van der Waals surface area contributed by atoms with Crippen LogP contribution in [0.5, 0.6) is 0 Å². The molecule has 0 radical (unpaired) electrons. The van der Waals surface area contributed by atoms with Crippen LogP contribution in [0.25, 0.3) is 0 Å². The lowest BCUT2D eigenvalue weighted by Crippen LogP contribution is -2.49. The van der Waals surface area contributed by atoms with Gasteiger partial charge < -0.3 is 15.8 Å². The van der Waals surface area contributed by atoms with Crippen LogP contribution in [0.2, 0.25) is 0 Å². The van der Waals surface area contributed by atoms with Crippen molar-refractivity contribution < 1.29 is 9.53 Å². The predicted molar refractivity (Wildman–Crippen MR) is 89.1 cm³/mol. The maximum absolute atomic E-state index is 12.2. The summed E-state index contributed by atoms with van der Waals surface area (Å²) in [7, 11) is 0. The Kier molecular flexibility index (Phi) is 7.66. The SMILES string of the molecule is Cc1ccc(CC(C)NC(=O)C(N)C2CCOCC2)s1.Cl. The molecule has 0 bridgehead atoms. The van der Waals surface area contributed by atoms with E-state index in [1.54, 1.807) is 11.3 Å². The van der Waals surface area contributed by atoms with Gasteiger partial charge in [0.2, 0.25) is 5.91 Å². The molecule has 1 aromatic heterocycles. The number of carbonyl (C=O) groups is 1. The first-order valence-corrected chi connectivity index (χ1v) is 8.07. The molecular weight excluding hydrogens is 308 g/mol. The largest absolute Gasteiger partial charge is 0.381 e. The molecule has 1 aliphatic heterocycles. The third-order valence-corrected chi connectivity index (χ3v) is 4.79. The molecule has 1 fully saturated rings. The van der Waals surface area contributed by atoms with Crippen molar-refractivity contribution in [3.63, 3.8) is 0 Å².